The van der Waals surface area contributed by atoms with Crippen LogP contribution in [-0.2, 0) is 0 Å². The smallest absolute Gasteiger partial charge is 0.261 e. The molecule has 3 rings (SSSR count). The number of hydrogen-bond acceptors (Lipinski definition) is 5. The van der Waals surface area contributed by atoms with Crippen LogP contribution in [0.3, 0.4) is 0 Å². The van der Waals surface area contributed by atoms with Crippen molar-refractivity contribution in [1.29, 1.82) is 0 Å². The summed E-state index contributed by atoms with van der Waals surface area (Å²) in [7, 11) is 1.81. The lowest BCUT2D eigenvalue weighted by Crippen LogP contribution is -1.94. The Morgan fingerprint density at radius 2 is 2.05 bits per heavy atom. The van der Waals surface area contributed by atoms with Crippen LogP contribution >= 0.6 is 0 Å². The van der Waals surface area contributed by atoms with Crippen molar-refractivity contribution < 1.29 is 4.52 Å². The third-order valence-corrected chi connectivity index (χ3v) is 2.98. The van der Waals surface area contributed by atoms with E-state index in [1.165, 1.54) is 0 Å². The van der Waals surface area contributed by atoms with Crippen LogP contribution in [0, 0.1) is 6.92 Å². The second kappa shape index (κ2) is 5.13. The summed E-state index contributed by atoms with van der Waals surface area (Å²) in [5.74, 6) is 1.75. The van der Waals surface area contributed by atoms with E-state index in [1.807, 2.05) is 50.4 Å². The minimum Gasteiger partial charge on any atom is -0.372 e. The molecule has 3 aromatic rings. The highest BCUT2D eigenvalue weighted by Crippen LogP contribution is 2.26. The van der Waals surface area contributed by atoms with Crippen molar-refractivity contribution >= 4 is 5.82 Å². The SMILES string of the molecule is CNc1ncccc1-c1nc(-c2cccc(C)c2)no1. The van der Waals surface area contributed by atoms with E-state index in [1.54, 1.807) is 6.20 Å². The minimum absolute atomic E-state index is 0.457. The van der Waals surface area contributed by atoms with Gasteiger partial charge in [-0.05, 0) is 25.1 Å². The third-order valence-electron chi connectivity index (χ3n) is 2.98. The van der Waals surface area contributed by atoms with Crippen LogP contribution in [-0.4, -0.2) is 22.2 Å². The first kappa shape index (κ1) is 12.3. The summed E-state index contributed by atoms with van der Waals surface area (Å²) in [5.41, 5.74) is 2.89. The maximum absolute atomic E-state index is 5.35. The molecule has 0 spiro atoms. The van der Waals surface area contributed by atoms with Crippen LogP contribution in [0.15, 0.2) is 47.1 Å². The van der Waals surface area contributed by atoms with Crippen LogP contribution < -0.4 is 5.32 Å². The van der Waals surface area contributed by atoms with Gasteiger partial charge in [0, 0.05) is 18.8 Å². The molecule has 20 heavy (non-hydrogen) atoms. The molecule has 0 aliphatic rings. The molecule has 0 unspecified atom stereocenters. The zero-order valence-electron chi connectivity index (χ0n) is 11.3. The molecule has 0 aliphatic heterocycles. The lowest BCUT2D eigenvalue weighted by atomic mass is 10.1. The first-order valence-electron chi connectivity index (χ1n) is 6.32. The number of aromatic nitrogens is 3. The number of rotatable bonds is 3. The summed E-state index contributed by atoms with van der Waals surface area (Å²) >= 11 is 0. The van der Waals surface area contributed by atoms with Gasteiger partial charge >= 0.3 is 0 Å². The van der Waals surface area contributed by atoms with Gasteiger partial charge in [0.2, 0.25) is 5.82 Å². The third kappa shape index (κ3) is 2.25. The predicted molar refractivity (Wildman–Crippen MR) is 77.2 cm³/mol. The largest absolute Gasteiger partial charge is 0.372 e. The maximum atomic E-state index is 5.35. The highest BCUT2D eigenvalue weighted by molar-refractivity contribution is 5.69. The van der Waals surface area contributed by atoms with Crippen molar-refractivity contribution in [3.8, 4) is 22.8 Å². The number of hydrogen-bond donors (Lipinski definition) is 1. The number of benzene rings is 1. The van der Waals surface area contributed by atoms with Crippen LogP contribution in [0.2, 0.25) is 0 Å². The molecule has 0 saturated carbocycles. The molecule has 1 N–H and O–H groups in total. The van der Waals surface area contributed by atoms with Gasteiger partial charge in [0.15, 0.2) is 0 Å². The van der Waals surface area contributed by atoms with Gasteiger partial charge in [-0.25, -0.2) is 4.98 Å². The zero-order chi connectivity index (χ0) is 13.9. The summed E-state index contributed by atoms with van der Waals surface area (Å²) < 4.78 is 5.35. The van der Waals surface area contributed by atoms with E-state index >= 15 is 0 Å². The molecule has 1 aromatic carbocycles. The van der Waals surface area contributed by atoms with Gasteiger partial charge < -0.3 is 9.84 Å². The summed E-state index contributed by atoms with van der Waals surface area (Å²) in [6.07, 6.45) is 1.72. The number of anilines is 1. The normalized spacial score (nSPS) is 10.5. The fraction of sp³-hybridized carbons (Fsp3) is 0.133. The van der Waals surface area contributed by atoms with E-state index in [4.69, 9.17) is 4.52 Å². The van der Waals surface area contributed by atoms with E-state index in [9.17, 15) is 0 Å². The summed E-state index contributed by atoms with van der Waals surface area (Å²) in [5, 5.41) is 7.05. The van der Waals surface area contributed by atoms with Crippen molar-refractivity contribution in [2.24, 2.45) is 0 Å². The average Bonchev–Trinajstić information content (AvgIpc) is 2.97. The molecule has 0 atom stereocenters. The van der Waals surface area contributed by atoms with Crippen molar-refractivity contribution in [1.82, 2.24) is 15.1 Å². The number of pyridine rings is 1. The van der Waals surface area contributed by atoms with Crippen LogP contribution in [0.4, 0.5) is 5.82 Å². The quantitative estimate of drug-likeness (QED) is 0.789. The van der Waals surface area contributed by atoms with Gasteiger partial charge in [0.05, 0.1) is 5.56 Å². The van der Waals surface area contributed by atoms with Gasteiger partial charge in [-0.1, -0.05) is 28.9 Å². The van der Waals surface area contributed by atoms with E-state index in [0.29, 0.717) is 17.5 Å². The zero-order valence-corrected chi connectivity index (χ0v) is 11.3. The molecule has 0 saturated heterocycles. The Hall–Kier alpha value is -2.69. The summed E-state index contributed by atoms with van der Waals surface area (Å²) in [6, 6.07) is 11.7. The molecule has 0 amide bonds. The van der Waals surface area contributed by atoms with E-state index in [2.05, 4.69) is 20.4 Å². The molecule has 2 heterocycles. The van der Waals surface area contributed by atoms with Crippen molar-refractivity contribution in [2.45, 2.75) is 6.92 Å². The van der Waals surface area contributed by atoms with Gasteiger partial charge in [-0.2, -0.15) is 4.98 Å². The topological polar surface area (TPSA) is 63.8 Å². The van der Waals surface area contributed by atoms with Crippen LogP contribution in [0.25, 0.3) is 22.8 Å². The molecule has 0 radical (unpaired) electrons. The van der Waals surface area contributed by atoms with E-state index < -0.39 is 0 Å². The fourth-order valence-corrected chi connectivity index (χ4v) is 2.01. The second-order valence-electron chi connectivity index (χ2n) is 4.44. The van der Waals surface area contributed by atoms with Crippen molar-refractivity contribution in [2.75, 3.05) is 12.4 Å². The molecule has 0 bridgehead atoms. The Bertz CT molecular complexity index is 736. The summed E-state index contributed by atoms with van der Waals surface area (Å²) in [6.45, 7) is 2.03. The van der Waals surface area contributed by atoms with Crippen molar-refractivity contribution in [3.05, 3.63) is 48.2 Å². The highest BCUT2D eigenvalue weighted by Gasteiger charge is 2.14. The van der Waals surface area contributed by atoms with Gasteiger partial charge in [0.1, 0.15) is 5.82 Å². The molecule has 0 fully saturated rings. The number of aryl methyl sites for hydroxylation is 1. The highest BCUT2D eigenvalue weighted by atomic mass is 16.5. The Morgan fingerprint density at radius 3 is 2.85 bits per heavy atom. The molecule has 0 aliphatic carbocycles. The maximum Gasteiger partial charge on any atom is 0.261 e. The standard InChI is InChI=1S/C15H14N4O/c1-10-5-3-6-11(9-10)13-18-15(20-19-13)12-7-4-8-17-14(12)16-2/h3-9H,1-2H3,(H,16,17). The Balaban J connectivity index is 2.02. The first-order valence-corrected chi connectivity index (χ1v) is 6.32. The molecular weight excluding hydrogens is 252 g/mol. The Morgan fingerprint density at radius 1 is 1.15 bits per heavy atom. The predicted octanol–water partition coefficient (Wildman–Crippen LogP) is 3.15. The number of nitrogens with one attached hydrogen (secondary N) is 1. The molecular formula is C15H14N4O. The van der Waals surface area contributed by atoms with Gasteiger partial charge in [-0.3, -0.25) is 0 Å². The average molecular weight is 266 g/mol. The summed E-state index contributed by atoms with van der Waals surface area (Å²) in [4.78, 5) is 8.67. The monoisotopic (exact) mass is 266 g/mol. The number of nitrogens with zero attached hydrogens (tertiary/aromatic N) is 3. The van der Waals surface area contributed by atoms with Crippen LogP contribution in [0.5, 0.6) is 0 Å². The minimum atomic E-state index is 0.457. The molecule has 5 nitrogen and oxygen atoms in total. The van der Waals surface area contributed by atoms with Crippen molar-refractivity contribution in [3.63, 3.8) is 0 Å². The first-order chi connectivity index (χ1) is 9.78. The second-order valence-corrected chi connectivity index (χ2v) is 4.44. The lowest BCUT2D eigenvalue weighted by molar-refractivity contribution is 0.432. The lowest BCUT2D eigenvalue weighted by Gasteiger charge is -2.02. The Labute approximate surface area is 116 Å². The van der Waals surface area contributed by atoms with Gasteiger partial charge in [0.25, 0.3) is 5.89 Å². The van der Waals surface area contributed by atoms with Gasteiger partial charge in [-0.15, -0.1) is 0 Å². The molecule has 5 heteroatoms. The van der Waals surface area contributed by atoms with E-state index in [-0.39, 0.29) is 0 Å². The molecule has 100 valence electrons. The van der Waals surface area contributed by atoms with E-state index in [0.717, 1.165) is 16.7 Å². The Kier molecular flexibility index (Phi) is 3.16. The molecule has 2 aromatic heterocycles. The van der Waals surface area contributed by atoms with Crippen LogP contribution in [0.1, 0.15) is 5.56 Å². The fourth-order valence-electron chi connectivity index (χ4n) is 2.01.